The molecule has 0 spiro atoms. The van der Waals surface area contributed by atoms with Crippen molar-refractivity contribution in [3.05, 3.63) is 54.1 Å². The molecule has 0 aliphatic heterocycles. The zero-order chi connectivity index (χ0) is 16.2. The molecule has 0 aliphatic carbocycles. The summed E-state index contributed by atoms with van der Waals surface area (Å²) >= 11 is 0. The van der Waals surface area contributed by atoms with Gasteiger partial charge in [-0.15, -0.1) is 0 Å². The lowest BCUT2D eigenvalue weighted by atomic mass is 10.2. The van der Waals surface area contributed by atoms with Crippen LogP contribution >= 0.6 is 0 Å². The first-order valence-corrected chi connectivity index (χ1v) is 6.84. The van der Waals surface area contributed by atoms with Crippen LogP contribution in [-0.4, -0.2) is 27.2 Å². The number of hydrogen-bond donors (Lipinski definition) is 0. The van der Waals surface area contributed by atoms with E-state index in [0.717, 1.165) is 10.1 Å². The third-order valence-electron chi connectivity index (χ3n) is 2.63. The van der Waals surface area contributed by atoms with Gasteiger partial charge >= 0.3 is 12.1 Å². The predicted molar refractivity (Wildman–Crippen MR) is 79.4 cm³/mol. The molecule has 0 atom stereocenters. The summed E-state index contributed by atoms with van der Waals surface area (Å²) in [5, 5.41) is 0. The van der Waals surface area contributed by atoms with E-state index in [4.69, 9.17) is 9.47 Å². The van der Waals surface area contributed by atoms with Gasteiger partial charge in [0.2, 0.25) is 5.82 Å². The summed E-state index contributed by atoms with van der Waals surface area (Å²) in [4.78, 5) is 27.9. The number of carbonyl (C=O) groups is 2. The third kappa shape index (κ3) is 4.18. The normalized spacial score (nSPS) is 11.0. The number of esters is 1. The SMILES string of the molecule is CC(C)(C)OC(=O)n1ccnc1C(=O)OCc1ccccc1. The van der Waals surface area contributed by atoms with Crippen molar-refractivity contribution in [1.29, 1.82) is 0 Å². The Morgan fingerprint density at radius 2 is 1.86 bits per heavy atom. The smallest absolute Gasteiger partial charge is 0.420 e. The van der Waals surface area contributed by atoms with Crippen LogP contribution in [0, 0.1) is 0 Å². The molecule has 1 aromatic heterocycles. The second-order valence-corrected chi connectivity index (χ2v) is 5.66. The van der Waals surface area contributed by atoms with Gasteiger partial charge in [-0.3, -0.25) is 0 Å². The molecule has 6 heteroatoms. The molecule has 116 valence electrons. The quantitative estimate of drug-likeness (QED) is 0.815. The summed E-state index contributed by atoms with van der Waals surface area (Å²) in [5.74, 6) is -0.787. The van der Waals surface area contributed by atoms with Crippen LogP contribution in [0.25, 0.3) is 0 Å². The first-order valence-electron chi connectivity index (χ1n) is 6.84. The molecular weight excluding hydrogens is 284 g/mol. The lowest BCUT2D eigenvalue weighted by molar-refractivity contribution is 0.0407. The maximum atomic E-state index is 12.1. The molecule has 0 saturated carbocycles. The fraction of sp³-hybridized carbons (Fsp3) is 0.312. The molecule has 2 aromatic rings. The van der Waals surface area contributed by atoms with E-state index in [1.165, 1.54) is 12.4 Å². The Hall–Kier alpha value is -2.63. The number of hydrogen-bond acceptors (Lipinski definition) is 5. The first-order chi connectivity index (χ1) is 10.4. The highest BCUT2D eigenvalue weighted by atomic mass is 16.6. The molecule has 22 heavy (non-hydrogen) atoms. The Kier molecular flexibility index (Phi) is 4.60. The highest BCUT2D eigenvalue weighted by molar-refractivity contribution is 5.90. The van der Waals surface area contributed by atoms with Gasteiger partial charge in [-0.05, 0) is 26.3 Å². The zero-order valence-corrected chi connectivity index (χ0v) is 12.8. The summed E-state index contributed by atoms with van der Waals surface area (Å²) in [7, 11) is 0. The average Bonchev–Trinajstić information content (AvgIpc) is 2.93. The van der Waals surface area contributed by atoms with E-state index in [1.54, 1.807) is 20.8 Å². The molecule has 0 N–H and O–H groups in total. The van der Waals surface area contributed by atoms with Crippen molar-refractivity contribution < 1.29 is 19.1 Å². The summed E-state index contributed by atoms with van der Waals surface area (Å²) in [5.41, 5.74) is 0.193. The van der Waals surface area contributed by atoms with Crippen LogP contribution in [0.1, 0.15) is 37.0 Å². The Morgan fingerprint density at radius 1 is 1.18 bits per heavy atom. The van der Waals surface area contributed by atoms with Crippen LogP contribution in [-0.2, 0) is 16.1 Å². The molecule has 0 bridgehead atoms. The number of benzene rings is 1. The Morgan fingerprint density at radius 3 is 2.50 bits per heavy atom. The third-order valence-corrected chi connectivity index (χ3v) is 2.63. The minimum Gasteiger partial charge on any atom is -0.455 e. The van der Waals surface area contributed by atoms with Gasteiger partial charge in [0, 0.05) is 12.4 Å². The fourth-order valence-corrected chi connectivity index (χ4v) is 1.70. The lowest BCUT2D eigenvalue weighted by Crippen LogP contribution is -2.29. The monoisotopic (exact) mass is 302 g/mol. The molecule has 0 saturated heterocycles. The molecule has 1 aromatic carbocycles. The van der Waals surface area contributed by atoms with Crippen molar-refractivity contribution in [3.8, 4) is 0 Å². The van der Waals surface area contributed by atoms with Crippen molar-refractivity contribution in [2.45, 2.75) is 33.0 Å². The van der Waals surface area contributed by atoms with E-state index in [1.807, 2.05) is 30.3 Å². The highest BCUT2D eigenvalue weighted by Crippen LogP contribution is 2.11. The number of carbonyl (C=O) groups excluding carboxylic acids is 2. The van der Waals surface area contributed by atoms with Gasteiger partial charge in [-0.2, -0.15) is 0 Å². The van der Waals surface area contributed by atoms with E-state index >= 15 is 0 Å². The van der Waals surface area contributed by atoms with Crippen molar-refractivity contribution in [3.63, 3.8) is 0 Å². The summed E-state index contributed by atoms with van der Waals surface area (Å²) in [6.45, 7) is 5.35. The van der Waals surface area contributed by atoms with Crippen LogP contribution in [0.5, 0.6) is 0 Å². The van der Waals surface area contributed by atoms with E-state index in [-0.39, 0.29) is 12.4 Å². The number of rotatable bonds is 3. The summed E-state index contributed by atoms with van der Waals surface area (Å²) < 4.78 is 11.4. The average molecular weight is 302 g/mol. The maximum absolute atomic E-state index is 12.1. The Bertz CT molecular complexity index is 656. The van der Waals surface area contributed by atoms with Gasteiger partial charge in [-0.1, -0.05) is 30.3 Å². The lowest BCUT2D eigenvalue weighted by Gasteiger charge is -2.19. The van der Waals surface area contributed by atoms with Crippen LogP contribution in [0.3, 0.4) is 0 Å². The number of nitrogens with zero attached hydrogens (tertiary/aromatic N) is 2. The van der Waals surface area contributed by atoms with Crippen molar-refractivity contribution >= 4 is 12.1 Å². The minimum atomic E-state index is -0.681. The number of imidazole rings is 1. The van der Waals surface area contributed by atoms with E-state index in [9.17, 15) is 9.59 Å². The molecule has 0 aliphatic rings. The molecule has 0 amide bonds. The second-order valence-electron chi connectivity index (χ2n) is 5.66. The van der Waals surface area contributed by atoms with Gasteiger partial charge in [-0.25, -0.2) is 19.1 Å². The van der Waals surface area contributed by atoms with Gasteiger partial charge in [0.05, 0.1) is 0 Å². The Balaban J connectivity index is 2.05. The number of ether oxygens (including phenoxy) is 2. The molecular formula is C16H18N2O4. The summed E-state index contributed by atoms with van der Waals surface area (Å²) in [6, 6.07) is 9.26. The largest absolute Gasteiger partial charge is 0.455 e. The minimum absolute atomic E-state index is 0.106. The zero-order valence-electron chi connectivity index (χ0n) is 12.8. The molecule has 6 nitrogen and oxygen atoms in total. The van der Waals surface area contributed by atoms with Gasteiger partial charge in [0.15, 0.2) is 0 Å². The van der Waals surface area contributed by atoms with Gasteiger partial charge < -0.3 is 9.47 Å². The highest BCUT2D eigenvalue weighted by Gasteiger charge is 2.23. The predicted octanol–water partition coefficient (Wildman–Crippen LogP) is 3.02. The topological polar surface area (TPSA) is 70.4 Å². The summed E-state index contributed by atoms with van der Waals surface area (Å²) in [6.07, 6.45) is 2.05. The standard InChI is InChI=1S/C16H18N2O4/c1-16(2,3)22-15(20)18-10-9-17-13(18)14(19)21-11-12-7-5-4-6-8-12/h4-10H,11H2,1-3H3. The Labute approximate surface area is 128 Å². The van der Waals surface area contributed by atoms with E-state index in [0.29, 0.717) is 0 Å². The second kappa shape index (κ2) is 6.43. The molecule has 0 unspecified atom stereocenters. The van der Waals surface area contributed by atoms with Crippen LogP contribution < -0.4 is 0 Å². The van der Waals surface area contributed by atoms with E-state index < -0.39 is 17.7 Å². The van der Waals surface area contributed by atoms with Crippen LogP contribution in [0.4, 0.5) is 4.79 Å². The van der Waals surface area contributed by atoms with Crippen molar-refractivity contribution in [2.24, 2.45) is 0 Å². The first kappa shape index (κ1) is 15.8. The van der Waals surface area contributed by atoms with Crippen molar-refractivity contribution in [1.82, 2.24) is 9.55 Å². The molecule has 0 fully saturated rings. The van der Waals surface area contributed by atoms with Gasteiger partial charge in [0.1, 0.15) is 12.2 Å². The maximum Gasteiger partial charge on any atom is 0.420 e. The van der Waals surface area contributed by atoms with Gasteiger partial charge in [0.25, 0.3) is 0 Å². The molecule has 2 rings (SSSR count). The molecule has 0 radical (unpaired) electrons. The van der Waals surface area contributed by atoms with Crippen molar-refractivity contribution in [2.75, 3.05) is 0 Å². The molecule has 1 heterocycles. The van der Waals surface area contributed by atoms with E-state index in [2.05, 4.69) is 4.98 Å². The number of aromatic nitrogens is 2. The van der Waals surface area contributed by atoms with Crippen LogP contribution in [0.2, 0.25) is 0 Å². The fourth-order valence-electron chi connectivity index (χ4n) is 1.70. The van der Waals surface area contributed by atoms with Crippen LogP contribution in [0.15, 0.2) is 42.7 Å².